The van der Waals surface area contributed by atoms with Crippen LogP contribution in [0.3, 0.4) is 0 Å². The zero-order valence-electron chi connectivity index (χ0n) is 9.72. The maximum Gasteiger partial charge on any atom is 0.240 e. The van der Waals surface area contributed by atoms with E-state index in [0.717, 1.165) is 9.21 Å². The Kier molecular flexibility index (Phi) is 4.71. The number of halogens is 1. The number of hydrogen-bond donors (Lipinski definition) is 1. The van der Waals surface area contributed by atoms with Crippen LogP contribution >= 0.6 is 34.3 Å². The molecule has 0 saturated heterocycles. The van der Waals surface area contributed by atoms with Crippen LogP contribution < -0.4 is 5.32 Å². The predicted molar refractivity (Wildman–Crippen MR) is 76.4 cm³/mol. The van der Waals surface area contributed by atoms with Crippen LogP contribution in [0.4, 0.5) is 5.13 Å². The smallest absolute Gasteiger partial charge is 0.240 e. The van der Waals surface area contributed by atoms with E-state index in [9.17, 15) is 4.79 Å². The molecule has 0 radical (unpaired) electrons. The number of likely N-dealkylation sites (N-methyl/N-ethyl adjacent to an activating group) is 1. The number of rotatable bonds is 5. The predicted octanol–water partition coefficient (Wildman–Crippen LogP) is 2.93. The molecule has 0 aliphatic carbocycles. The van der Waals surface area contributed by atoms with Crippen LogP contribution in [-0.4, -0.2) is 29.4 Å². The fourth-order valence-electron chi connectivity index (χ4n) is 1.45. The van der Waals surface area contributed by atoms with E-state index in [1.54, 1.807) is 6.20 Å². The standard InChI is InChI=1S/C11H12ClN3OS2/c1-15(6-8-2-3-9(12)18-8)7-10(16)14-11-13-4-5-17-11/h2-5H,6-7H2,1H3,(H,13,14,16). The van der Waals surface area contributed by atoms with Crippen LogP contribution in [0.25, 0.3) is 0 Å². The SMILES string of the molecule is CN(CC(=O)Nc1nccs1)Cc1ccc(Cl)s1. The van der Waals surface area contributed by atoms with Crippen LogP contribution in [0.15, 0.2) is 23.7 Å². The third-order valence-corrected chi connectivity index (χ3v) is 4.05. The second-order valence-corrected chi connectivity index (χ2v) is 6.46. The van der Waals surface area contributed by atoms with E-state index >= 15 is 0 Å². The number of carbonyl (C=O) groups excluding carboxylic acids is 1. The van der Waals surface area contributed by atoms with Gasteiger partial charge in [-0.25, -0.2) is 4.98 Å². The first-order valence-corrected chi connectivity index (χ1v) is 7.33. The number of thiophene rings is 1. The molecule has 18 heavy (non-hydrogen) atoms. The highest BCUT2D eigenvalue weighted by Crippen LogP contribution is 2.22. The summed E-state index contributed by atoms with van der Waals surface area (Å²) in [6.45, 7) is 1.04. The van der Waals surface area contributed by atoms with Crippen molar-refractivity contribution in [2.24, 2.45) is 0 Å². The fraction of sp³-hybridized carbons (Fsp3) is 0.273. The zero-order chi connectivity index (χ0) is 13.0. The first-order chi connectivity index (χ1) is 8.63. The highest BCUT2D eigenvalue weighted by atomic mass is 35.5. The summed E-state index contributed by atoms with van der Waals surface area (Å²) in [5, 5.41) is 5.21. The summed E-state index contributed by atoms with van der Waals surface area (Å²) in [7, 11) is 1.90. The molecule has 1 N–H and O–H groups in total. The Balaban J connectivity index is 1.80. The first kappa shape index (κ1) is 13.5. The Morgan fingerprint density at radius 2 is 2.39 bits per heavy atom. The molecule has 0 saturated carbocycles. The molecule has 0 spiro atoms. The van der Waals surface area contributed by atoms with Crippen LogP contribution in [0, 0.1) is 0 Å². The zero-order valence-corrected chi connectivity index (χ0v) is 12.1. The lowest BCUT2D eigenvalue weighted by molar-refractivity contribution is -0.117. The number of hydrogen-bond acceptors (Lipinski definition) is 5. The van der Waals surface area contributed by atoms with Crippen molar-refractivity contribution in [2.45, 2.75) is 6.54 Å². The van der Waals surface area contributed by atoms with Crippen LogP contribution in [0.2, 0.25) is 4.34 Å². The Hall–Kier alpha value is -0.950. The molecule has 2 rings (SSSR count). The molecule has 7 heteroatoms. The molecule has 4 nitrogen and oxygen atoms in total. The van der Waals surface area contributed by atoms with Crippen molar-refractivity contribution in [1.29, 1.82) is 0 Å². The minimum Gasteiger partial charge on any atom is -0.301 e. The minimum atomic E-state index is -0.0601. The van der Waals surface area contributed by atoms with Crippen LogP contribution in [-0.2, 0) is 11.3 Å². The molecule has 2 aromatic heterocycles. The van der Waals surface area contributed by atoms with Crippen molar-refractivity contribution in [2.75, 3.05) is 18.9 Å². The van der Waals surface area contributed by atoms with Crippen molar-refractivity contribution in [1.82, 2.24) is 9.88 Å². The molecule has 2 heterocycles. The van der Waals surface area contributed by atoms with Gasteiger partial charge in [-0.3, -0.25) is 9.69 Å². The number of anilines is 1. The topological polar surface area (TPSA) is 45.2 Å². The molecule has 1 amide bonds. The van der Waals surface area contributed by atoms with Gasteiger partial charge in [0.1, 0.15) is 0 Å². The van der Waals surface area contributed by atoms with Crippen molar-refractivity contribution >= 4 is 45.3 Å². The van der Waals surface area contributed by atoms with Gasteiger partial charge < -0.3 is 5.32 Å². The van der Waals surface area contributed by atoms with Crippen molar-refractivity contribution in [3.05, 3.63) is 32.9 Å². The largest absolute Gasteiger partial charge is 0.301 e. The molecule has 0 unspecified atom stereocenters. The van der Waals surface area contributed by atoms with Gasteiger partial charge in [0.25, 0.3) is 0 Å². The summed E-state index contributed by atoms with van der Waals surface area (Å²) in [5.41, 5.74) is 0. The van der Waals surface area contributed by atoms with Gasteiger partial charge in [0.2, 0.25) is 5.91 Å². The van der Waals surface area contributed by atoms with Gasteiger partial charge in [-0.15, -0.1) is 22.7 Å². The number of aromatic nitrogens is 1. The molecule has 0 bridgehead atoms. The van der Waals surface area contributed by atoms with Crippen molar-refractivity contribution in [3.8, 4) is 0 Å². The second-order valence-electron chi connectivity index (χ2n) is 3.76. The Morgan fingerprint density at radius 1 is 1.56 bits per heavy atom. The maximum absolute atomic E-state index is 11.7. The highest BCUT2D eigenvalue weighted by molar-refractivity contribution is 7.16. The third-order valence-electron chi connectivity index (χ3n) is 2.15. The Morgan fingerprint density at radius 3 is 3.00 bits per heavy atom. The van der Waals surface area contributed by atoms with E-state index in [0.29, 0.717) is 18.2 Å². The number of carbonyl (C=O) groups is 1. The second kappa shape index (κ2) is 6.29. The number of nitrogens with one attached hydrogen (secondary N) is 1. The number of nitrogens with zero attached hydrogens (tertiary/aromatic N) is 2. The summed E-state index contributed by atoms with van der Waals surface area (Å²) < 4.78 is 0.769. The van der Waals surface area contributed by atoms with Crippen molar-refractivity contribution < 1.29 is 4.79 Å². The molecule has 96 valence electrons. The van der Waals surface area contributed by atoms with E-state index in [4.69, 9.17) is 11.6 Å². The van der Waals surface area contributed by atoms with Gasteiger partial charge in [0, 0.05) is 23.0 Å². The molecular formula is C11H12ClN3OS2. The summed E-state index contributed by atoms with van der Waals surface area (Å²) in [4.78, 5) is 18.8. The minimum absolute atomic E-state index is 0.0601. The lowest BCUT2D eigenvalue weighted by atomic mass is 10.4. The molecular weight excluding hydrogens is 290 g/mol. The number of amides is 1. The van der Waals surface area contributed by atoms with E-state index in [2.05, 4.69) is 10.3 Å². The van der Waals surface area contributed by atoms with Crippen LogP contribution in [0.5, 0.6) is 0 Å². The van der Waals surface area contributed by atoms with Gasteiger partial charge in [-0.05, 0) is 19.2 Å². The van der Waals surface area contributed by atoms with Gasteiger partial charge in [0.05, 0.1) is 10.9 Å². The van der Waals surface area contributed by atoms with Gasteiger partial charge >= 0.3 is 0 Å². The van der Waals surface area contributed by atoms with E-state index in [-0.39, 0.29) is 5.91 Å². The first-order valence-electron chi connectivity index (χ1n) is 5.25. The lowest BCUT2D eigenvalue weighted by Crippen LogP contribution is -2.29. The van der Waals surface area contributed by atoms with Crippen molar-refractivity contribution in [3.63, 3.8) is 0 Å². The monoisotopic (exact) mass is 301 g/mol. The van der Waals surface area contributed by atoms with Gasteiger partial charge in [-0.1, -0.05) is 11.6 Å². The summed E-state index contributed by atoms with van der Waals surface area (Å²) >= 11 is 8.80. The third kappa shape index (κ3) is 4.06. The summed E-state index contributed by atoms with van der Waals surface area (Å²) in [6.07, 6.45) is 1.66. The highest BCUT2D eigenvalue weighted by Gasteiger charge is 2.09. The van der Waals surface area contributed by atoms with Gasteiger partial charge in [-0.2, -0.15) is 0 Å². The molecule has 2 aromatic rings. The summed E-state index contributed by atoms with van der Waals surface area (Å²) in [6, 6.07) is 3.84. The number of thiazole rings is 1. The quantitative estimate of drug-likeness (QED) is 0.923. The summed E-state index contributed by atoms with van der Waals surface area (Å²) in [5.74, 6) is -0.0601. The van der Waals surface area contributed by atoms with Crippen LogP contribution in [0.1, 0.15) is 4.88 Å². The molecule has 0 aromatic carbocycles. The molecule has 0 aliphatic heterocycles. The molecule has 0 atom stereocenters. The van der Waals surface area contributed by atoms with E-state index in [1.165, 1.54) is 22.7 Å². The lowest BCUT2D eigenvalue weighted by Gasteiger charge is -2.14. The normalized spacial score (nSPS) is 10.8. The average molecular weight is 302 g/mol. The molecule has 0 fully saturated rings. The van der Waals surface area contributed by atoms with E-state index < -0.39 is 0 Å². The average Bonchev–Trinajstić information content (AvgIpc) is 2.90. The Labute approximate surface area is 118 Å². The van der Waals surface area contributed by atoms with E-state index in [1.807, 2.05) is 29.5 Å². The Bertz CT molecular complexity index is 512. The van der Waals surface area contributed by atoms with Gasteiger partial charge in [0.15, 0.2) is 5.13 Å². The maximum atomic E-state index is 11.7. The fourth-order valence-corrected chi connectivity index (χ4v) is 3.16. The molecule has 0 aliphatic rings.